The van der Waals surface area contributed by atoms with Crippen molar-refractivity contribution in [2.75, 3.05) is 0 Å². The van der Waals surface area contributed by atoms with Gasteiger partial charge in [-0.3, -0.25) is 9.67 Å². The lowest BCUT2D eigenvalue weighted by Crippen LogP contribution is -1.98. The van der Waals surface area contributed by atoms with Gasteiger partial charge in [0.25, 0.3) is 0 Å². The second-order valence-electron chi connectivity index (χ2n) is 3.13. The third-order valence-corrected chi connectivity index (χ3v) is 2.89. The predicted molar refractivity (Wildman–Crippen MR) is 63.5 cm³/mol. The van der Waals surface area contributed by atoms with Crippen molar-refractivity contribution in [3.8, 4) is 5.69 Å². The van der Waals surface area contributed by atoms with E-state index < -0.39 is 5.82 Å². The molecule has 1 aromatic carbocycles. The summed E-state index contributed by atoms with van der Waals surface area (Å²) in [5, 5.41) is 6.46. The van der Waals surface area contributed by atoms with E-state index in [1.165, 1.54) is 12.1 Å². The smallest absolute Gasteiger partial charge is 0.199 e. The molecule has 0 aliphatic carbocycles. The first-order chi connectivity index (χ1) is 7.50. The first-order valence-corrected chi connectivity index (χ1v) is 5.46. The van der Waals surface area contributed by atoms with E-state index in [4.69, 9.17) is 35.4 Å². The van der Waals surface area contributed by atoms with Crippen LogP contribution in [0.3, 0.4) is 0 Å². The second-order valence-corrected chi connectivity index (χ2v) is 4.34. The minimum Gasteiger partial charge on any atom is -0.272 e. The van der Waals surface area contributed by atoms with Gasteiger partial charge in [0.1, 0.15) is 5.82 Å². The van der Waals surface area contributed by atoms with Crippen molar-refractivity contribution in [1.82, 2.24) is 14.8 Å². The van der Waals surface area contributed by atoms with Crippen molar-refractivity contribution in [1.29, 1.82) is 0 Å². The lowest BCUT2D eigenvalue weighted by molar-refractivity contribution is 0.628. The maximum absolute atomic E-state index is 13.2. The van der Waals surface area contributed by atoms with Crippen LogP contribution in [-0.4, -0.2) is 14.8 Å². The Balaban J connectivity index is 2.71. The van der Waals surface area contributed by atoms with Crippen molar-refractivity contribution >= 4 is 35.4 Å². The van der Waals surface area contributed by atoms with E-state index in [-0.39, 0.29) is 10.0 Å². The summed E-state index contributed by atoms with van der Waals surface area (Å²) in [7, 11) is 0. The monoisotopic (exact) mass is 277 g/mol. The summed E-state index contributed by atoms with van der Waals surface area (Å²) in [4.78, 5) is 0. The van der Waals surface area contributed by atoms with Gasteiger partial charge < -0.3 is 0 Å². The molecule has 1 heterocycles. The zero-order valence-corrected chi connectivity index (χ0v) is 10.4. The number of aromatic nitrogens is 3. The van der Waals surface area contributed by atoms with Crippen LogP contribution in [0.1, 0.15) is 5.82 Å². The summed E-state index contributed by atoms with van der Waals surface area (Å²) in [6.07, 6.45) is 0. The quantitative estimate of drug-likeness (QED) is 0.637. The maximum Gasteiger partial charge on any atom is 0.199 e. The van der Waals surface area contributed by atoms with Gasteiger partial charge in [0.2, 0.25) is 0 Å². The van der Waals surface area contributed by atoms with Crippen molar-refractivity contribution < 1.29 is 4.39 Å². The minimum absolute atomic E-state index is 0.0509. The number of nitrogens with zero attached hydrogens (tertiary/aromatic N) is 2. The molecule has 0 fully saturated rings. The van der Waals surface area contributed by atoms with E-state index in [1.54, 1.807) is 11.5 Å². The first kappa shape index (κ1) is 11.6. The van der Waals surface area contributed by atoms with Crippen LogP contribution >= 0.6 is 35.4 Å². The Kier molecular flexibility index (Phi) is 3.01. The van der Waals surface area contributed by atoms with Crippen molar-refractivity contribution in [2.45, 2.75) is 6.92 Å². The zero-order chi connectivity index (χ0) is 11.9. The number of aromatic amines is 1. The average Bonchev–Trinajstić information content (AvgIpc) is 2.54. The largest absolute Gasteiger partial charge is 0.272 e. The molecule has 3 nitrogen and oxygen atoms in total. The number of H-pyrrole nitrogens is 1. The average molecular weight is 278 g/mol. The number of benzene rings is 1. The van der Waals surface area contributed by atoms with E-state index in [9.17, 15) is 4.39 Å². The molecule has 84 valence electrons. The fraction of sp³-hybridized carbons (Fsp3) is 0.111. The molecule has 2 rings (SSSR count). The van der Waals surface area contributed by atoms with E-state index >= 15 is 0 Å². The Hall–Kier alpha value is -0.910. The third-order valence-electron chi connectivity index (χ3n) is 2.07. The molecule has 0 atom stereocenters. The Morgan fingerprint density at radius 1 is 1.38 bits per heavy atom. The molecule has 1 aromatic heterocycles. The van der Waals surface area contributed by atoms with Gasteiger partial charge in [0.15, 0.2) is 10.6 Å². The molecule has 0 unspecified atom stereocenters. The predicted octanol–water partition coefficient (Wildman–Crippen LogP) is 3.68. The molecule has 0 spiro atoms. The number of hydrogen-bond donors (Lipinski definition) is 1. The van der Waals surface area contributed by atoms with Crippen LogP contribution in [0.4, 0.5) is 4.39 Å². The van der Waals surface area contributed by atoms with E-state index in [2.05, 4.69) is 10.2 Å². The van der Waals surface area contributed by atoms with Crippen LogP contribution in [0.25, 0.3) is 5.69 Å². The Labute approximate surface area is 106 Å². The SMILES string of the molecule is Cc1n[nH]c(=S)n1-c1cc(Cl)c(F)c(Cl)c1. The molecule has 7 heteroatoms. The number of hydrogen-bond acceptors (Lipinski definition) is 2. The van der Waals surface area contributed by atoms with Gasteiger partial charge in [-0.05, 0) is 31.3 Å². The van der Waals surface area contributed by atoms with Crippen LogP contribution in [0.5, 0.6) is 0 Å². The normalized spacial score (nSPS) is 10.8. The van der Waals surface area contributed by atoms with Gasteiger partial charge in [0, 0.05) is 0 Å². The van der Waals surface area contributed by atoms with Crippen molar-refractivity contribution in [2.24, 2.45) is 0 Å². The maximum atomic E-state index is 13.2. The van der Waals surface area contributed by atoms with E-state index in [0.717, 1.165) is 0 Å². The molecule has 0 bridgehead atoms. The summed E-state index contributed by atoms with van der Waals surface area (Å²) >= 11 is 16.4. The highest BCUT2D eigenvalue weighted by Gasteiger charge is 2.11. The highest BCUT2D eigenvalue weighted by Crippen LogP contribution is 2.27. The van der Waals surface area contributed by atoms with Crippen molar-refractivity contribution in [3.63, 3.8) is 0 Å². The standard InChI is InChI=1S/C9H6Cl2FN3S/c1-4-13-14-9(16)15(4)5-2-6(10)8(12)7(11)3-5/h2-3H,1H3,(H,14,16). The first-order valence-electron chi connectivity index (χ1n) is 4.29. The Morgan fingerprint density at radius 3 is 2.38 bits per heavy atom. The Morgan fingerprint density at radius 2 is 1.94 bits per heavy atom. The topological polar surface area (TPSA) is 33.6 Å². The highest BCUT2D eigenvalue weighted by molar-refractivity contribution is 7.71. The summed E-state index contributed by atoms with van der Waals surface area (Å²) < 4.78 is 15.2. The number of nitrogens with one attached hydrogen (secondary N) is 1. The minimum atomic E-state index is -0.639. The van der Waals surface area contributed by atoms with Crippen LogP contribution in [-0.2, 0) is 0 Å². The van der Waals surface area contributed by atoms with Gasteiger partial charge in [-0.2, -0.15) is 5.10 Å². The number of rotatable bonds is 1. The van der Waals surface area contributed by atoms with Gasteiger partial charge in [-0.25, -0.2) is 4.39 Å². The fourth-order valence-electron chi connectivity index (χ4n) is 1.35. The van der Waals surface area contributed by atoms with Gasteiger partial charge in [-0.15, -0.1) is 0 Å². The van der Waals surface area contributed by atoms with Crippen LogP contribution in [0.15, 0.2) is 12.1 Å². The summed E-state index contributed by atoms with van der Waals surface area (Å²) in [5.41, 5.74) is 0.577. The van der Waals surface area contributed by atoms with Crippen LogP contribution in [0, 0.1) is 17.5 Å². The van der Waals surface area contributed by atoms with Crippen LogP contribution in [0.2, 0.25) is 10.0 Å². The van der Waals surface area contributed by atoms with Crippen molar-refractivity contribution in [3.05, 3.63) is 38.6 Å². The molecule has 0 aliphatic rings. The van der Waals surface area contributed by atoms with Crippen LogP contribution < -0.4 is 0 Å². The molecule has 2 aromatic rings. The molecule has 16 heavy (non-hydrogen) atoms. The number of aryl methyl sites for hydroxylation is 1. The van der Waals surface area contributed by atoms with Gasteiger partial charge in [-0.1, -0.05) is 23.2 Å². The third kappa shape index (κ3) is 1.86. The molecule has 0 radical (unpaired) electrons. The molecule has 1 N–H and O–H groups in total. The lowest BCUT2D eigenvalue weighted by Gasteiger charge is -2.06. The molecule has 0 aliphatic heterocycles. The summed E-state index contributed by atoms with van der Waals surface area (Å²) in [6, 6.07) is 2.89. The van der Waals surface area contributed by atoms with E-state index in [1.807, 2.05) is 0 Å². The Bertz CT molecular complexity index is 582. The summed E-state index contributed by atoms with van der Waals surface area (Å²) in [5.74, 6) is 0.00323. The second kappa shape index (κ2) is 4.16. The highest BCUT2D eigenvalue weighted by atomic mass is 35.5. The summed E-state index contributed by atoms with van der Waals surface area (Å²) in [6.45, 7) is 1.76. The fourth-order valence-corrected chi connectivity index (χ4v) is 2.11. The molecular formula is C9H6Cl2FN3S. The number of halogens is 3. The zero-order valence-electron chi connectivity index (χ0n) is 8.09. The van der Waals surface area contributed by atoms with Gasteiger partial charge in [0.05, 0.1) is 15.7 Å². The van der Waals surface area contributed by atoms with Gasteiger partial charge >= 0.3 is 0 Å². The van der Waals surface area contributed by atoms with E-state index in [0.29, 0.717) is 16.3 Å². The lowest BCUT2D eigenvalue weighted by atomic mass is 10.3. The molecule has 0 amide bonds. The molecule has 0 saturated heterocycles. The molecular weight excluding hydrogens is 272 g/mol. The molecule has 0 saturated carbocycles.